The molecule has 3 aromatic carbocycles. The van der Waals surface area contributed by atoms with E-state index in [1.165, 1.54) is 25.3 Å². The van der Waals surface area contributed by atoms with Crippen LogP contribution in [0.3, 0.4) is 0 Å². The van der Waals surface area contributed by atoms with Crippen LogP contribution < -0.4 is 5.32 Å². The zero-order valence-electron chi connectivity index (χ0n) is 17.8. The van der Waals surface area contributed by atoms with Gasteiger partial charge < -0.3 is 10.3 Å². The van der Waals surface area contributed by atoms with Crippen LogP contribution in [0, 0.1) is 5.82 Å². The first-order chi connectivity index (χ1) is 15.0. The van der Waals surface area contributed by atoms with Crippen LogP contribution in [0.2, 0.25) is 0 Å². The number of fused-ring (bicyclic) bond motifs is 5. The van der Waals surface area contributed by atoms with E-state index >= 15 is 4.39 Å². The smallest absolute Gasteiger partial charge is 0.221 e. The zero-order chi connectivity index (χ0) is 21.5. The van der Waals surface area contributed by atoms with E-state index in [2.05, 4.69) is 29.4 Å². The van der Waals surface area contributed by atoms with Crippen LogP contribution in [0.1, 0.15) is 43.4 Å². The number of benzene rings is 3. The molecule has 0 fully saturated rings. The fraction of sp³-hybridized carbons (Fsp3) is 0.222. The number of carbonyl (C=O) groups is 1. The molecule has 3 nitrogen and oxygen atoms in total. The van der Waals surface area contributed by atoms with Crippen LogP contribution in [-0.4, -0.2) is 10.9 Å². The largest absolute Gasteiger partial charge is 0.352 e. The molecule has 1 heterocycles. The van der Waals surface area contributed by atoms with Gasteiger partial charge in [0.25, 0.3) is 0 Å². The van der Waals surface area contributed by atoms with Crippen molar-refractivity contribution in [3.8, 4) is 22.4 Å². The highest BCUT2D eigenvalue weighted by Gasteiger charge is 2.25. The first-order valence-electron chi connectivity index (χ1n) is 10.9. The molecule has 0 unspecified atom stereocenters. The lowest BCUT2D eigenvalue weighted by Gasteiger charge is -2.08. The van der Waals surface area contributed by atoms with E-state index < -0.39 is 0 Å². The summed E-state index contributed by atoms with van der Waals surface area (Å²) in [6.07, 6.45) is 4.12. The predicted molar refractivity (Wildman–Crippen MR) is 125 cm³/mol. The molecular formula is C27H25FN2O. The number of aromatic nitrogens is 1. The molecule has 0 aliphatic heterocycles. The molecule has 0 bridgehead atoms. The fourth-order valence-corrected chi connectivity index (χ4v) is 4.61. The number of hydrogen-bond acceptors (Lipinski definition) is 1. The van der Waals surface area contributed by atoms with Crippen LogP contribution in [0.4, 0.5) is 10.1 Å². The summed E-state index contributed by atoms with van der Waals surface area (Å²) in [5.41, 5.74) is 8.47. The lowest BCUT2D eigenvalue weighted by Crippen LogP contribution is -2.05. The quantitative estimate of drug-likeness (QED) is 0.326. The van der Waals surface area contributed by atoms with E-state index in [1.54, 1.807) is 0 Å². The second-order valence-electron chi connectivity index (χ2n) is 8.36. The number of H-pyrrole nitrogens is 1. The minimum Gasteiger partial charge on any atom is -0.352 e. The Balaban J connectivity index is 1.51. The zero-order valence-corrected chi connectivity index (χ0v) is 17.8. The summed E-state index contributed by atoms with van der Waals surface area (Å²) in [5, 5.41) is 3.76. The van der Waals surface area contributed by atoms with Gasteiger partial charge in [-0.05, 0) is 47.2 Å². The highest BCUT2D eigenvalue weighted by atomic mass is 19.1. The van der Waals surface area contributed by atoms with Crippen LogP contribution in [-0.2, 0) is 17.6 Å². The van der Waals surface area contributed by atoms with Gasteiger partial charge in [0, 0.05) is 35.5 Å². The van der Waals surface area contributed by atoms with Crippen molar-refractivity contribution >= 4 is 22.5 Å². The molecule has 0 spiro atoms. The Morgan fingerprint density at radius 1 is 1.06 bits per heavy atom. The number of amides is 1. The number of aromatic amines is 1. The van der Waals surface area contributed by atoms with Gasteiger partial charge in [0.2, 0.25) is 5.91 Å². The van der Waals surface area contributed by atoms with Gasteiger partial charge in [0.05, 0.1) is 11.2 Å². The van der Waals surface area contributed by atoms with Gasteiger partial charge in [-0.2, -0.15) is 0 Å². The number of hydrogen-bond donors (Lipinski definition) is 2. The molecule has 0 saturated heterocycles. The summed E-state index contributed by atoms with van der Waals surface area (Å²) in [6.45, 7) is 3.69. The normalized spacial score (nSPS) is 12.1. The van der Waals surface area contributed by atoms with E-state index in [0.717, 1.165) is 51.9 Å². The molecular weight excluding hydrogens is 387 g/mol. The Hall–Kier alpha value is -3.40. The standard InChI is InChI=1S/C27H25FN2O/c1-3-4-5-17-6-8-18(9-7-17)21-12-13-23-24-15-19-14-20(29-16(2)31)10-11-22(19)26(24)30-27(23)25(21)28/h6-14,30H,3-5,15H2,1-2H3,(H,29,31). The van der Waals surface area contributed by atoms with Crippen molar-refractivity contribution in [1.29, 1.82) is 0 Å². The first-order valence-corrected chi connectivity index (χ1v) is 10.9. The van der Waals surface area contributed by atoms with Crippen molar-refractivity contribution < 1.29 is 9.18 Å². The van der Waals surface area contributed by atoms with Crippen molar-refractivity contribution in [3.63, 3.8) is 0 Å². The third-order valence-corrected chi connectivity index (χ3v) is 6.16. The maximum absolute atomic E-state index is 15.5. The molecule has 0 saturated carbocycles. The van der Waals surface area contributed by atoms with E-state index in [1.807, 2.05) is 42.5 Å². The van der Waals surface area contributed by atoms with Gasteiger partial charge >= 0.3 is 0 Å². The third-order valence-electron chi connectivity index (χ3n) is 6.16. The molecule has 4 heteroatoms. The first kappa shape index (κ1) is 19.6. The molecule has 2 N–H and O–H groups in total. The molecule has 0 radical (unpaired) electrons. The topological polar surface area (TPSA) is 44.9 Å². The van der Waals surface area contributed by atoms with E-state index in [4.69, 9.17) is 0 Å². The number of carbonyl (C=O) groups excluding carboxylic acids is 1. The highest BCUT2D eigenvalue weighted by molar-refractivity contribution is 5.97. The number of halogens is 1. The lowest BCUT2D eigenvalue weighted by atomic mass is 9.99. The highest BCUT2D eigenvalue weighted by Crippen LogP contribution is 2.43. The minimum atomic E-state index is -0.204. The number of anilines is 1. The molecule has 4 aromatic rings. The van der Waals surface area contributed by atoms with Crippen molar-refractivity contribution in [3.05, 3.63) is 77.1 Å². The van der Waals surface area contributed by atoms with Gasteiger partial charge in [-0.1, -0.05) is 55.8 Å². The maximum atomic E-state index is 15.5. The molecule has 156 valence electrons. The summed E-state index contributed by atoms with van der Waals surface area (Å²) >= 11 is 0. The van der Waals surface area contributed by atoms with E-state index in [9.17, 15) is 4.79 Å². The average molecular weight is 413 g/mol. The van der Waals surface area contributed by atoms with Crippen LogP contribution in [0.25, 0.3) is 33.3 Å². The Morgan fingerprint density at radius 3 is 2.58 bits per heavy atom. The van der Waals surface area contributed by atoms with E-state index in [-0.39, 0.29) is 11.7 Å². The number of nitrogens with one attached hydrogen (secondary N) is 2. The summed E-state index contributed by atoms with van der Waals surface area (Å²) in [4.78, 5) is 14.7. The Kier molecular flexibility index (Phi) is 4.85. The van der Waals surface area contributed by atoms with Crippen LogP contribution in [0.15, 0.2) is 54.6 Å². The maximum Gasteiger partial charge on any atom is 0.221 e. The van der Waals surface area contributed by atoms with Crippen molar-refractivity contribution in [2.45, 2.75) is 39.5 Å². The summed E-state index contributed by atoms with van der Waals surface area (Å²) < 4.78 is 15.5. The Bertz CT molecular complexity index is 1300. The van der Waals surface area contributed by atoms with Crippen LogP contribution in [0.5, 0.6) is 0 Å². The number of unbranched alkanes of at least 4 members (excludes halogenated alkanes) is 1. The molecule has 1 aliphatic carbocycles. The summed E-state index contributed by atoms with van der Waals surface area (Å²) in [5.74, 6) is -0.292. The van der Waals surface area contributed by atoms with Gasteiger partial charge in [-0.3, -0.25) is 4.79 Å². The monoisotopic (exact) mass is 412 g/mol. The van der Waals surface area contributed by atoms with Gasteiger partial charge in [0.15, 0.2) is 5.82 Å². The second kappa shape index (κ2) is 7.69. The predicted octanol–water partition coefficient (Wildman–Crippen LogP) is 6.85. The Morgan fingerprint density at radius 2 is 1.84 bits per heavy atom. The number of aryl methyl sites for hydroxylation is 1. The van der Waals surface area contributed by atoms with Crippen LogP contribution >= 0.6 is 0 Å². The lowest BCUT2D eigenvalue weighted by molar-refractivity contribution is -0.114. The van der Waals surface area contributed by atoms with Gasteiger partial charge in [-0.25, -0.2) is 4.39 Å². The summed E-state index contributed by atoms with van der Waals surface area (Å²) in [6, 6.07) is 18.0. The summed E-state index contributed by atoms with van der Waals surface area (Å²) in [7, 11) is 0. The molecule has 1 amide bonds. The third kappa shape index (κ3) is 3.42. The average Bonchev–Trinajstić information content (AvgIpc) is 3.29. The second-order valence-corrected chi connectivity index (χ2v) is 8.36. The van der Waals surface area contributed by atoms with Gasteiger partial charge in [-0.15, -0.1) is 0 Å². The van der Waals surface area contributed by atoms with Crippen molar-refractivity contribution in [1.82, 2.24) is 4.98 Å². The minimum absolute atomic E-state index is 0.0880. The van der Waals surface area contributed by atoms with Crippen molar-refractivity contribution in [2.75, 3.05) is 5.32 Å². The van der Waals surface area contributed by atoms with E-state index in [0.29, 0.717) is 11.1 Å². The van der Waals surface area contributed by atoms with Crippen molar-refractivity contribution in [2.24, 2.45) is 0 Å². The molecule has 0 atom stereocenters. The SMILES string of the molecule is CCCCc1ccc(-c2ccc3c4c([nH]c3c2F)-c2ccc(NC(C)=O)cc2C4)cc1. The molecule has 1 aliphatic rings. The molecule has 1 aromatic heterocycles. The fourth-order valence-electron chi connectivity index (χ4n) is 4.61. The number of rotatable bonds is 5. The van der Waals surface area contributed by atoms with Gasteiger partial charge in [0.1, 0.15) is 0 Å². The molecule has 31 heavy (non-hydrogen) atoms. The molecule has 5 rings (SSSR count). The Labute approximate surface area is 181 Å².